The molecule has 1 N–H and O–H groups in total. The summed E-state index contributed by atoms with van der Waals surface area (Å²) >= 11 is 0. The van der Waals surface area contributed by atoms with Crippen molar-refractivity contribution in [2.75, 3.05) is 38.1 Å². The van der Waals surface area contributed by atoms with Crippen LogP contribution in [0.4, 0.5) is 5.69 Å². The summed E-state index contributed by atoms with van der Waals surface area (Å²) in [6, 6.07) is 16.1. The molecule has 2 aromatic rings. The van der Waals surface area contributed by atoms with Crippen LogP contribution >= 0.6 is 0 Å². The van der Waals surface area contributed by atoms with Crippen molar-refractivity contribution in [3.63, 3.8) is 0 Å². The molecule has 7 nitrogen and oxygen atoms in total. The van der Waals surface area contributed by atoms with E-state index in [1.54, 1.807) is 30.3 Å². The number of anilines is 1. The van der Waals surface area contributed by atoms with Gasteiger partial charge >= 0.3 is 10.2 Å². The highest BCUT2D eigenvalue weighted by Crippen LogP contribution is 2.18. The average molecular weight is 391 g/mol. The summed E-state index contributed by atoms with van der Waals surface area (Å²) in [5.41, 5.74) is 1.57. The van der Waals surface area contributed by atoms with E-state index < -0.39 is 16.1 Å². The van der Waals surface area contributed by atoms with Crippen LogP contribution in [-0.2, 0) is 15.0 Å². The summed E-state index contributed by atoms with van der Waals surface area (Å²) in [4.78, 5) is 12.3. The zero-order valence-corrected chi connectivity index (χ0v) is 16.6. The first-order valence-corrected chi connectivity index (χ1v) is 9.92. The van der Waals surface area contributed by atoms with Crippen LogP contribution in [0.3, 0.4) is 0 Å². The van der Waals surface area contributed by atoms with Crippen LogP contribution in [0, 0.1) is 6.92 Å². The van der Waals surface area contributed by atoms with Gasteiger partial charge in [-0.3, -0.25) is 4.79 Å². The zero-order chi connectivity index (χ0) is 19.9. The molecule has 0 aliphatic carbocycles. The smallest absolute Gasteiger partial charge is 0.304 e. The lowest BCUT2D eigenvalue weighted by molar-refractivity contribution is -0.119. The van der Waals surface area contributed by atoms with E-state index in [0.717, 1.165) is 19.9 Å². The van der Waals surface area contributed by atoms with Crippen LogP contribution in [0.5, 0.6) is 5.75 Å². The molecule has 0 unspecified atom stereocenters. The second-order valence-corrected chi connectivity index (χ2v) is 8.21. The molecule has 0 spiro atoms. The van der Waals surface area contributed by atoms with Crippen molar-refractivity contribution in [3.8, 4) is 5.75 Å². The molecule has 27 heavy (non-hydrogen) atoms. The van der Waals surface area contributed by atoms with E-state index in [-0.39, 0.29) is 13.1 Å². The van der Waals surface area contributed by atoms with Gasteiger partial charge < -0.3 is 10.1 Å². The molecule has 0 aliphatic heterocycles. The van der Waals surface area contributed by atoms with E-state index in [9.17, 15) is 13.2 Å². The molecule has 0 aromatic heterocycles. The number of hydrogen-bond donors (Lipinski definition) is 1. The highest BCUT2D eigenvalue weighted by atomic mass is 32.2. The number of nitrogens with one attached hydrogen (secondary N) is 1. The van der Waals surface area contributed by atoms with Crippen LogP contribution in [0.25, 0.3) is 0 Å². The Morgan fingerprint density at radius 1 is 1.04 bits per heavy atom. The van der Waals surface area contributed by atoms with Crippen molar-refractivity contribution in [2.24, 2.45) is 0 Å². The van der Waals surface area contributed by atoms with E-state index in [4.69, 9.17) is 4.74 Å². The molecule has 0 atom stereocenters. The predicted molar refractivity (Wildman–Crippen MR) is 106 cm³/mol. The fourth-order valence-corrected chi connectivity index (χ4v) is 3.34. The number of para-hydroxylation sites is 1. The fourth-order valence-electron chi connectivity index (χ4n) is 2.28. The molecule has 0 radical (unpaired) electrons. The molecule has 0 aliphatic rings. The fraction of sp³-hybridized carbons (Fsp3) is 0.316. The lowest BCUT2D eigenvalue weighted by atomic mass is 10.2. The van der Waals surface area contributed by atoms with E-state index in [0.29, 0.717) is 12.3 Å². The Bertz CT molecular complexity index is 837. The maximum atomic E-state index is 12.6. The minimum Gasteiger partial charge on any atom is -0.492 e. The third-order valence-corrected chi connectivity index (χ3v) is 5.61. The Labute approximate surface area is 160 Å². The van der Waals surface area contributed by atoms with Crippen LogP contribution < -0.4 is 14.4 Å². The number of amides is 1. The highest BCUT2D eigenvalue weighted by molar-refractivity contribution is 7.90. The van der Waals surface area contributed by atoms with Crippen LogP contribution in [-0.4, -0.2) is 52.4 Å². The van der Waals surface area contributed by atoms with Gasteiger partial charge in [-0.2, -0.15) is 12.7 Å². The summed E-state index contributed by atoms with van der Waals surface area (Å²) in [6.45, 7) is 2.25. The highest BCUT2D eigenvalue weighted by Gasteiger charge is 2.26. The Balaban J connectivity index is 1.93. The molecule has 1 amide bonds. The molecule has 146 valence electrons. The standard InChI is InChI=1S/C19H25N3O4S/c1-16-9-11-18(12-10-16)26-14-13-20-19(23)15-22(27(24,25)21(2)3)17-7-5-4-6-8-17/h4-12H,13-15H2,1-3H3,(H,20,23). The third kappa shape index (κ3) is 5.97. The predicted octanol–water partition coefficient (Wildman–Crippen LogP) is 1.80. The van der Waals surface area contributed by atoms with E-state index in [2.05, 4.69) is 5.32 Å². The van der Waals surface area contributed by atoms with Gasteiger partial charge in [0, 0.05) is 14.1 Å². The van der Waals surface area contributed by atoms with Gasteiger partial charge in [-0.15, -0.1) is 0 Å². The Hall–Kier alpha value is -2.58. The molecule has 0 heterocycles. The summed E-state index contributed by atoms with van der Waals surface area (Å²) < 4.78 is 32.8. The lowest BCUT2D eigenvalue weighted by Gasteiger charge is -2.26. The maximum Gasteiger partial charge on any atom is 0.304 e. The number of rotatable bonds is 9. The third-order valence-electron chi connectivity index (χ3n) is 3.79. The summed E-state index contributed by atoms with van der Waals surface area (Å²) in [7, 11) is -0.932. The minimum absolute atomic E-state index is 0.275. The molecule has 2 rings (SSSR count). The van der Waals surface area contributed by atoms with Crippen molar-refractivity contribution in [1.82, 2.24) is 9.62 Å². The van der Waals surface area contributed by atoms with Crippen molar-refractivity contribution in [1.29, 1.82) is 0 Å². The number of aryl methyl sites for hydroxylation is 1. The number of carbonyl (C=O) groups is 1. The van der Waals surface area contributed by atoms with Gasteiger partial charge in [0.25, 0.3) is 0 Å². The lowest BCUT2D eigenvalue weighted by Crippen LogP contribution is -2.46. The molecule has 0 fully saturated rings. The summed E-state index contributed by atoms with van der Waals surface area (Å²) in [5, 5.41) is 2.69. The van der Waals surface area contributed by atoms with E-state index >= 15 is 0 Å². The largest absolute Gasteiger partial charge is 0.492 e. The molecular formula is C19H25N3O4S. The van der Waals surface area contributed by atoms with Gasteiger partial charge in [0.1, 0.15) is 18.9 Å². The molecule has 0 bridgehead atoms. The first-order chi connectivity index (χ1) is 12.8. The monoisotopic (exact) mass is 391 g/mol. The Kier molecular flexibility index (Phi) is 7.20. The van der Waals surface area contributed by atoms with Gasteiger partial charge in [0.15, 0.2) is 0 Å². The van der Waals surface area contributed by atoms with Crippen molar-refractivity contribution < 1.29 is 17.9 Å². The van der Waals surface area contributed by atoms with Gasteiger partial charge in [-0.1, -0.05) is 35.9 Å². The van der Waals surface area contributed by atoms with Gasteiger partial charge in [0.05, 0.1) is 12.2 Å². The van der Waals surface area contributed by atoms with Gasteiger partial charge in [0.2, 0.25) is 5.91 Å². The van der Waals surface area contributed by atoms with Gasteiger partial charge in [-0.05, 0) is 31.2 Å². The molecular weight excluding hydrogens is 366 g/mol. The van der Waals surface area contributed by atoms with Crippen molar-refractivity contribution in [2.45, 2.75) is 6.92 Å². The average Bonchev–Trinajstić information content (AvgIpc) is 2.65. The van der Waals surface area contributed by atoms with E-state index in [1.165, 1.54) is 14.1 Å². The van der Waals surface area contributed by atoms with Crippen molar-refractivity contribution in [3.05, 3.63) is 60.2 Å². The quantitative estimate of drug-likeness (QED) is 0.661. The number of nitrogens with zero attached hydrogens (tertiary/aromatic N) is 2. The Morgan fingerprint density at radius 2 is 1.67 bits per heavy atom. The number of hydrogen-bond acceptors (Lipinski definition) is 4. The van der Waals surface area contributed by atoms with Crippen LogP contribution in [0.15, 0.2) is 54.6 Å². The summed E-state index contributed by atoms with van der Waals surface area (Å²) in [5.74, 6) is 0.313. The number of carbonyl (C=O) groups excluding carboxylic acids is 1. The first-order valence-electron chi connectivity index (χ1n) is 8.52. The Morgan fingerprint density at radius 3 is 2.26 bits per heavy atom. The minimum atomic E-state index is -3.79. The topological polar surface area (TPSA) is 79.0 Å². The first kappa shape index (κ1) is 20.7. The molecule has 0 saturated heterocycles. The van der Waals surface area contributed by atoms with Gasteiger partial charge in [-0.25, -0.2) is 4.31 Å². The zero-order valence-electron chi connectivity index (χ0n) is 15.8. The number of ether oxygens (including phenoxy) is 1. The second-order valence-electron chi connectivity index (χ2n) is 6.14. The second kappa shape index (κ2) is 9.38. The van der Waals surface area contributed by atoms with Crippen LogP contribution in [0.2, 0.25) is 0 Å². The van der Waals surface area contributed by atoms with Crippen LogP contribution in [0.1, 0.15) is 5.56 Å². The molecule has 0 saturated carbocycles. The van der Waals surface area contributed by atoms with E-state index in [1.807, 2.05) is 31.2 Å². The van der Waals surface area contributed by atoms with Crippen molar-refractivity contribution >= 4 is 21.8 Å². The summed E-state index contributed by atoms with van der Waals surface area (Å²) in [6.07, 6.45) is 0. The maximum absolute atomic E-state index is 12.6. The molecule has 2 aromatic carbocycles. The SMILES string of the molecule is Cc1ccc(OCCNC(=O)CN(c2ccccc2)S(=O)(=O)N(C)C)cc1. The molecule has 8 heteroatoms. The number of benzene rings is 2. The normalized spacial score (nSPS) is 11.3.